The molecular formula is C60H121NO7P+. The van der Waals surface area contributed by atoms with Crippen LogP contribution >= 0.6 is 7.82 Å². The Hall–Kier alpha value is -0.760. The molecule has 0 spiro atoms. The lowest BCUT2D eigenvalue weighted by Crippen LogP contribution is -2.37. The number of unbranched alkanes of at least 4 members (excludes halogenated alkanes) is 42. The van der Waals surface area contributed by atoms with E-state index in [0.29, 0.717) is 24.1 Å². The van der Waals surface area contributed by atoms with Gasteiger partial charge in [0.25, 0.3) is 0 Å². The van der Waals surface area contributed by atoms with E-state index in [4.69, 9.17) is 18.5 Å². The molecule has 0 rings (SSSR count). The van der Waals surface area contributed by atoms with Crippen molar-refractivity contribution in [2.75, 3.05) is 54.1 Å². The maximum Gasteiger partial charge on any atom is 0.472 e. The molecule has 69 heavy (non-hydrogen) atoms. The maximum absolute atomic E-state index is 12.8. The summed E-state index contributed by atoms with van der Waals surface area (Å²) in [5.74, 6) is -0.304. The zero-order valence-corrected chi connectivity index (χ0v) is 48.0. The third-order valence-electron chi connectivity index (χ3n) is 13.8. The van der Waals surface area contributed by atoms with Crippen molar-refractivity contribution in [2.45, 2.75) is 315 Å². The number of carbonyl (C=O) groups excluding carboxylic acids is 1. The zero-order chi connectivity index (χ0) is 50.5. The summed E-state index contributed by atoms with van der Waals surface area (Å²) in [5.41, 5.74) is 0. The number of quaternary nitrogens is 1. The Morgan fingerprint density at radius 2 is 0.754 bits per heavy atom. The second-order valence-corrected chi connectivity index (χ2v) is 23.5. The molecule has 0 bridgehead atoms. The van der Waals surface area contributed by atoms with E-state index in [2.05, 4.69) is 26.0 Å². The van der Waals surface area contributed by atoms with Gasteiger partial charge in [-0.3, -0.25) is 13.8 Å². The fourth-order valence-corrected chi connectivity index (χ4v) is 9.88. The quantitative estimate of drug-likeness (QED) is 0.0213. The topological polar surface area (TPSA) is 91.3 Å². The highest BCUT2D eigenvalue weighted by molar-refractivity contribution is 7.47. The number of hydrogen-bond acceptors (Lipinski definition) is 6. The molecule has 0 amide bonds. The van der Waals surface area contributed by atoms with Crippen molar-refractivity contribution < 1.29 is 37.3 Å². The second kappa shape index (κ2) is 53.5. The van der Waals surface area contributed by atoms with Gasteiger partial charge < -0.3 is 18.9 Å². The fourth-order valence-electron chi connectivity index (χ4n) is 9.14. The number of hydrogen-bond donors (Lipinski definition) is 1. The molecule has 0 aliphatic carbocycles. The molecule has 0 aliphatic rings. The summed E-state index contributed by atoms with van der Waals surface area (Å²) in [6, 6.07) is 0. The number of likely N-dealkylation sites (N-methyl/N-ethyl adjacent to an activating group) is 1. The molecule has 0 aromatic heterocycles. The van der Waals surface area contributed by atoms with Crippen LogP contribution in [0.2, 0.25) is 0 Å². The molecule has 0 aliphatic heterocycles. The third-order valence-corrected chi connectivity index (χ3v) is 14.8. The largest absolute Gasteiger partial charge is 0.472 e. The van der Waals surface area contributed by atoms with Crippen molar-refractivity contribution in [2.24, 2.45) is 0 Å². The maximum atomic E-state index is 12.8. The standard InChI is InChI=1S/C60H120NO7P/c1-6-8-10-12-14-16-18-20-22-24-26-28-30-32-34-36-38-40-42-44-46-48-50-52-55-65-57-59(58-67-69(63,64)66-56-54-61(3,4)5)68-60(62)53-51-49-47-45-43-41-39-37-35-33-31-29-27-25-23-21-19-17-15-13-11-9-7-2/h24,26,59H,6-23,25,27-58H2,1-5H3/p+1/b26-24-. The SMILES string of the molecule is CCCCCCCCCC/C=C\CCCCCCCCCCCCCCOCC(COP(=O)(O)OCC[N+](C)(C)C)OC(=O)CCCCCCCCCCCCCCCCCCCCCCCCC. The zero-order valence-electron chi connectivity index (χ0n) is 47.1. The molecule has 0 radical (unpaired) electrons. The minimum absolute atomic E-state index is 0.0928. The Morgan fingerprint density at radius 1 is 0.435 bits per heavy atom. The highest BCUT2D eigenvalue weighted by Crippen LogP contribution is 2.43. The molecule has 0 saturated carbocycles. The fraction of sp³-hybridized carbons (Fsp3) is 0.950. The van der Waals surface area contributed by atoms with Gasteiger partial charge in [-0.15, -0.1) is 0 Å². The van der Waals surface area contributed by atoms with Crippen molar-refractivity contribution in [3.05, 3.63) is 12.2 Å². The molecule has 2 unspecified atom stereocenters. The van der Waals surface area contributed by atoms with Crippen molar-refractivity contribution in [3.63, 3.8) is 0 Å². The summed E-state index contributed by atoms with van der Waals surface area (Å²) >= 11 is 0. The smallest absolute Gasteiger partial charge is 0.457 e. The van der Waals surface area contributed by atoms with Crippen LogP contribution in [0.4, 0.5) is 0 Å². The van der Waals surface area contributed by atoms with Crippen LogP contribution in [0.1, 0.15) is 309 Å². The average molecular weight is 1000 g/mol. The Kier molecular flexibility index (Phi) is 52.9. The minimum Gasteiger partial charge on any atom is -0.457 e. The Morgan fingerprint density at radius 3 is 1.10 bits per heavy atom. The van der Waals surface area contributed by atoms with E-state index in [1.807, 2.05) is 21.1 Å². The van der Waals surface area contributed by atoms with Gasteiger partial charge >= 0.3 is 13.8 Å². The van der Waals surface area contributed by atoms with Crippen LogP contribution in [-0.2, 0) is 27.9 Å². The van der Waals surface area contributed by atoms with Crippen molar-refractivity contribution in [1.29, 1.82) is 0 Å². The molecule has 2 atom stereocenters. The summed E-state index contributed by atoms with van der Waals surface area (Å²) in [6.07, 6.45) is 64.3. The van der Waals surface area contributed by atoms with Crippen LogP contribution in [0.15, 0.2) is 12.2 Å². The molecule has 8 nitrogen and oxygen atoms in total. The normalized spacial score (nSPS) is 13.4. The molecular weight excluding hydrogens is 878 g/mol. The Balaban J connectivity index is 4.00. The van der Waals surface area contributed by atoms with Crippen molar-refractivity contribution >= 4 is 13.8 Å². The van der Waals surface area contributed by atoms with E-state index in [1.54, 1.807) is 0 Å². The van der Waals surface area contributed by atoms with Crippen LogP contribution in [0, 0.1) is 0 Å². The number of phosphoric ester groups is 1. The molecule has 0 heterocycles. The Bertz CT molecular complexity index is 1110. The first-order valence-corrected chi connectivity index (χ1v) is 31.9. The highest BCUT2D eigenvalue weighted by Gasteiger charge is 2.26. The number of rotatable bonds is 58. The van der Waals surface area contributed by atoms with E-state index in [1.165, 1.54) is 257 Å². The monoisotopic (exact) mass is 999 g/mol. The lowest BCUT2D eigenvalue weighted by atomic mass is 10.0. The Labute approximate surface area is 431 Å². The van der Waals surface area contributed by atoms with Gasteiger partial charge in [-0.25, -0.2) is 4.57 Å². The second-order valence-electron chi connectivity index (χ2n) is 22.1. The molecule has 412 valence electrons. The summed E-state index contributed by atoms with van der Waals surface area (Å²) < 4.78 is 35.3. The average Bonchev–Trinajstić information content (AvgIpc) is 3.31. The first kappa shape index (κ1) is 68.2. The highest BCUT2D eigenvalue weighted by atomic mass is 31.2. The van der Waals surface area contributed by atoms with Crippen LogP contribution in [0.5, 0.6) is 0 Å². The molecule has 1 N–H and O–H groups in total. The van der Waals surface area contributed by atoms with Gasteiger partial charge in [0.2, 0.25) is 0 Å². The van der Waals surface area contributed by atoms with E-state index in [9.17, 15) is 14.3 Å². The van der Waals surface area contributed by atoms with Crippen molar-refractivity contribution in [1.82, 2.24) is 0 Å². The lowest BCUT2D eigenvalue weighted by molar-refractivity contribution is -0.870. The summed E-state index contributed by atoms with van der Waals surface area (Å²) in [6.45, 7) is 5.71. The summed E-state index contributed by atoms with van der Waals surface area (Å²) in [4.78, 5) is 23.1. The lowest BCUT2D eigenvalue weighted by Gasteiger charge is -2.24. The molecule has 0 aromatic rings. The number of phosphoric acid groups is 1. The number of allylic oxidation sites excluding steroid dienone is 2. The number of esters is 1. The van der Waals surface area contributed by atoms with Gasteiger partial charge in [0.15, 0.2) is 0 Å². The molecule has 0 aromatic carbocycles. The number of nitrogens with zero attached hydrogens (tertiary/aromatic N) is 1. The van der Waals surface area contributed by atoms with E-state index in [0.717, 1.165) is 32.1 Å². The van der Waals surface area contributed by atoms with Crippen LogP contribution in [-0.4, -0.2) is 75.6 Å². The van der Waals surface area contributed by atoms with Gasteiger partial charge in [-0.05, 0) is 38.5 Å². The van der Waals surface area contributed by atoms with E-state index in [-0.39, 0.29) is 25.8 Å². The third kappa shape index (κ3) is 58.0. The van der Waals surface area contributed by atoms with Gasteiger partial charge in [-0.1, -0.05) is 276 Å². The first-order chi connectivity index (χ1) is 33.6. The minimum atomic E-state index is -4.28. The summed E-state index contributed by atoms with van der Waals surface area (Å²) in [7, 11) is 1.69. The van der Waals surface area contributed by atoms with Gasteiger partial charge in [-0.2, -0.15) is 0 Å². The number of ether oxygens (including phenoxy) is 2. The van der Waals surface area contributed by atoms with Crippen molar-refractivity contribution in [3.8, 4) is 0 Å². The van der Waals surface area contributed by atoms with E-state index >= 15 is 0 Å². The van der Waals surface area contributed by atoms with Gasteiger partial charge in [0.1, 0.15) is 19.3 Å². The van der Waals surface area contributed by atoms with Crippen LogP contribution in [0.25, 0.3) is 0 Å². The van der Waals surface area contributed by atoms with E-state index < -0.39 is 13.9 Å². The van der Waals surface area contributed by atoms with Crippen LogP contribution in [0.3, 0.4) is 0 Å². The first-order valence-electron chi connectivity index (χ1n) is 30.4. The molecule has 0 fully saturated rings. The summed E-state index contributed by atoms with van der Waals surface area (Å²) in [5, 5.41) is 0. The molecule has 0 saturated heterocycles. The predicted octanol–water partition coefficient (Wildman–Crippen LogP) is 19.3. The van der Waals surface area contributed by atoms with Gasteiger partial charge in [0.05, 0.1) is 34.4 Å². The van der Waals surface area contributed by atoms with Crippen LogP contribution < -0.4 is 0 Å². The van der Waals surface area contributed by atoms with Gasteiger partial charge in [0, 0.05) is 13.0 Å². The number of carbonyl (C=O) groups is 1. The predicted molar refractivity (Wildman–Crippen MR) is 298 cm³/mol. The molecule has 9 heteroatoms.